The summed E-state index contributed by atoms with van der Waals surface area (Å²) in [5.74, 6) is 1.59. The number of piperazine rings is 1. The van der Waals surface area contributed by atoms with E-state index in [0.29, 0.717) is 18.5 Å². The van der Waals surface area contributed by atoms with Crippen molar-refractivity contribution in [2.75, 3.05) is 39.9 Å². The zero-order chi connectivity index (χ0) is 20.6. The Labute approximate surface area is 174 Å². The standard InChI is InChI=1S/C22H35N5O2/c1-18(2)6-8-26-10-9-25(15-21(26)7-11-28)13-19-4-5-22(29-3)20(12-19)14-27-17-23-16-24-27/h4-5,12,16-18,21,28H,6-11,13-15H2,1-3H3/t21-/m1/s1. The molecule has 1 aromatic carbocycles. The first-order chi connectivity index (χ1) is 14.1. The lowest BCUT2D eigenvalue weighted by atomic mass is 10.0. The topological polar surface area (TPSA) is 66.7 Å². The summed E-state index contributed by atoms with van der Waals surface area (Å²) in [6.07, 6.45) is 5.33. The average Bonchev–Trinajstić information content (AvgIpc) is 3.21. The number of methoxy groups -OCH3 is 1. The lowest BCUT2D eigenvalue weighted by Crippen LogP contribution is -2.53. The van der Waals surface area contributed by atoms with Crippen molar-refractivity contribution in [1.29, 1.82) is 0 Å². The Morgan fingerprint density at radius 2 is 2.10 bits per heavy atom. The summed E-state index contributed by atoms with van der Waals surface area (Å²) in [7, 11) is 1.70. The van der Waals surface area contributed by atoms with Crippen LogP contribution in [0.15, 0.2) is 30.9 Å². The van der Waals surface area contributed by atoms with E-state index in [9.17, 15) is 5.11 Å². The lowest BCUT2D eigenvalue weighted by molar-refractivity contribution is 0.0524. The van der Waals surface area contributed by atoms with Gasteiger partial charge in [-0.2, -0.15) is 5.10 Å². The van der Waals surface area contributed by atoms with E-state index in [1.165, 1.54) is 12.0 Å². The van der Waals surface area contributed by atoms with Gasteiger partial charge in [-0.3, -0.25) is 9.80 Å². The Morgan fingerprint density at radius 1 is 1.24 bits per heavy atom. The molecule has 0 amide bonds. The monoisotopic (exact) mass is 401 g/mol. The minimum atomic E-state index is 0.251. The molecule has 2 heterocycles. The summed E-state index contributed by atoms with van der Waals surface area (Å²) in [6, 6.07) is 6.84. The number of nitrogens with zero attached hydrogens (tertiary/aromatic N) is 5. The van der Waals surface area contributed by atoms with Crippen LogP contribution in [0.2, 0.25) is 0 Å². The van der Waals surface area contributed by atoms with E-state index in [1.54, 1.807) is 19.8 Å². The van der Waals surface area contributed by atoms with Crippen LogP contribution in [0.4, 0.5) is 0 Å². The molecule has 1 aromatic heterocycles. The van der Waals surface area contributed by atoms with Crippen LogP contribution in [0.5, 0.6) is 5.75 Å². The van der Waals surface area contributed by atoms with Gasteiger partial charge in [-0.15, -0.1) is 0 Å². The first kappa shape index (κ1) is 21.7. The Bertz CT molecular complexity index is 735. The van der Waals surface area contributed by atoms with Crippen molar-refractivity contribution in [3.05, 3.63) is 42.0 Å². The molecule has 1 saturated heterocycles. The number of rotatable bonds is 10. The Hall–Kier alpha value is -1.96. The summed E-state index contributed by atoms with van der Waals surface area (Å²) in [5.41, 5.74) is 2.39. The SMILES string of the molecule is COc1ccc(CN2CCN(CCC(C)C)[C@H](CCO)C2)cc1Cn1cncn1. The zero-order valence-corrected chi connectivity index (χ0v) is 18.0. The van der Waals surface area contributed by atoms with Gasteiger partial charge in [-0.25, -0.2) is 9.67 Å². The molecule has 29 heavy (non-hydrogen) atoms. The van der Waals surface area contributed by atoms with Gasteiger partial charge in [0.05, 0.1) is 13.7 Å². The number of hydrogen-bond acceptors (Lipinski definition) is 6. The molecule has 1 atom stereocenters. The Morgan fingerprint density at radius 3 is 2.79 bits per heavy atom. The quantitative estimate of drug-likeness (QED) is 0.659. The van der Waals surface area contributed by atoms with E-state index in [1.807, 2.05) is 10.7 Å². The largest absolute Gasteiger partial charge is 0.496 e. The average molecular weight is 402 g/mol. The number of aliphatic hydroxyl groups excluding tert-OH is 1. The molecule has 7 nitrogen and oxygen atoms in total. The molecule has 0 saturated carbocycles. The molecule has 1 N–H and O–H groups in total. The molecule has 160 valence electrons. The van der Waals surface area contributed by atoms with Crippen LogP contribution in [0.1, 0.15) is 37.8 Å². The number of aromatic nitrogens is 3. The van der Waals surface area contributed by atoms with Crippen LogP contribution >= 0.6 is 0 Å². The van der Waals surface area contributed by atoms with Gasteiger partial charge in [0.25, 0.3) is 0 Å². The van der Waals surface area contributed by atoms with Crippen LogP contribution in [0, 0.1) is 5.92 Å². The maximum absolute atomic E-state index is 9.53. The molecule has 0 bridgehead atoms. The minimum absolute atomic E-state index is 0.251. The fourth-order valence-electron chi connectivity index (χ4n) is 4.04. The fraction of sp³-hybridized carbons (Fsp3) is 0.636. The fourth-order valence-corrected chi connectivity index (χ4v) is 4.04. The first-order valence-corrected chi connectivity index (χ1v) is 10.6. The van der Waals surface area contributed by atoms with Crippen LogP contribution in [-0.2, 0) is 13.1 Å². The third kappa shape index (κ3) is 6.26. The van der Waals surface area contributed by atoms with Crippen molar-refractivity contribution in [1.82, 2.24) is 24.6 Å². The van der Waals surface area contributed by atoms with Gasteiger partial charge in [0.1, 0.15) is 18.4 Å². The van der Waals surface area contributed by atoms with Gasteiger partial charge in [-0.05, 0) is 43.0 Å². The van der Waals surface area contributed by atoms with Crippen molar-refractivity contribution >= 4 is 0 Å². The number of aliphatic hydroxyl groups is 1. The molecule has 0 radical (unpaired) electrons. The van der Waals surface area contributed by atoms with Crippen LogP contribution in [-0.4, -0.2) is 75.6 Å². The van der Waals surface area contributed by atoms with Crippen molar-refractivity contribution in [2.24, 2.45) is 5.92 Å². The van der Waals surface area contributed by atoms with Gasteiger partial charge in [0, 0.05) is 44.4 Å². The van der Waals surface area contributed by atoms with Crippen molar-refractivity contribution in [3.63, 3.8) is 0 Å². The van der Waals surface area contributed by atoms with E-state index in [2.05, 4.69) is 45.9 Å². The Balaban J connectivity index is 1.64. The molecular formula is C22H35N5O2. The predicted octanol–water partition coefficient (Wildman–Crippen LogP) is 2.25. The summed E-state index contributed by atoms with van der Waals surface area (Å²) >= 11 is 0. The minimum Gasteiger partial charge on any atom is -0.496 e. The molecule has 0 unspecified atom stereocenters. The molecular weight excluding hydrogens is 366 g/mol. The second kappa shape index (κ2) is 10.7. The Kier molecular flexibility index (Phi) is 8.03. The third-order valence-electron chi connectivity index (χ3n) is 5.69. The highest BCUT2D eigenvalue weighted by atomic mass is 16.5. The third-order valence-corrected chi connectivity index (χ3v) is 5.69. The highest BCUT2D eigenvalue weighted by Crippen LogP contribution is 2.23. The summed E-state index contributed by atoms with van der Waals surface area (Å²) < 4.78 is 7.35. The van der Waals surface area contributed by atoms with Crippen LogP contribution in [0.25, 0.3) is 0 Å². The predicted molar refractivity (Wildman–Crippen MR) is 114 cm³/mol. The maximum Gasteiger partial charge on any atom is 0.137 e. The van der Waals surface area contributed by atoms with Crippen molar-refractivity contribution < 1.29 is 9.84 Å². The normalized spacial score (nSPS) is 18.4. The molecule has 1 aliphatic rings. The molecule has 1 aliphatic heterocycles. The zero-order valence-electron chi connectivity index (χ0n) is 18.0. The first-order valence-electron chi connectivity index (χ1n) is 10.6. The number of hydrogen-bond donors (Lipinski definition) is 1. The molecule has 1 fully saturated rings. The highest BCUT2D eigenvalue weighted by Gasteiger charge is 2.26. The summed E-state index contributed by atoms with van der Waals surface area (Å²) in [5, 5.41) is 13.7. The van der Waals surface area contributed by atoms with E-state index < -0.39 is 0 Å². The van der Waals surface area contributed by atoms with E-state index in [0.717, 1.165) is 50.5 Å². The van der Waals surface area contributed by atoms with E-state index >= 15 is 0 Å². The summed E-state index contributed by atoms with van der Waals surface area (Å²) in [6.45, 7) is 10.6. The van der Waals surface area contributed by atoms with Gasteiger partial charge in [0.15, 0.2) is 0 Å². The van der Waals surface area contributed by atoms with Crippen LogP contribution in [0.3, 0.4) is 0 Å². The van der Waals surface area contributed by atoms with Crippen molar-refractivity contribution in [2.45, 2.75) is 45.8 Å². The van der Waals surface area contributed by atoms with E-state index in [4.69, 9.17) is 4.74 Å². The van der Waals surface area contributed by atoms with E-state index in [-0.39, 0.29) is 6.61 Å². The molecule has 0 spiro atoms. The second-order valence-corrected chi connectivity index (χ2v) is 8.36. The molecule has 2 aromatic rings. The van der Waals surface area contributed by atoms with Gasteiger partial charge in [-0.1, -0.05) is 19.9 Å². The molecule has 3 rings (SSSR count). The second-order valence-electron chi connectivity index (χ2n) is 8.36. The highest BCUT2D eigenvalue weighted by molar-refractivity contribution is 5.37. The van der Waals surface area contributed by atoms with Gasteiger partial charge in [0.2, 0.25) is 0 Å². The maximum atomic E-state index is 9.53. The van der Waals surface area contributed by atoms with Crippen molar-refractivity contribution in [3.8, 4) is 5.75 Å². The number of ether oxygens (including phenoxy) is 1. The number of benzene rings is 1. The molecule has 7 heteroatoms. The van der Waals surface area contributed by atoms with Gasteiger partial charge < -0.3 is 9.84 Å². The van der Waals surface area contributed by atoms with Gasteiger partial charge >= 0.3 is 0 Å². The van der Waals surface area contributed by atoms with Crippen LogP contribution < -0.4 is 4.74 Å². The lowest BCUT2D eigenvalue weighted by Gasteiger charge is -2.41. The summed E-state index contributed by atoms with van der Waals surface area (Å²) in [4.78, 5) is 9.10. The molecule has 0 aliphatic carbocycles. The smallest absolute Gasteiger partial charge is 0.137 e.